The van der Waals surface area contributed by atoms with Gasteiger partial charge in [-0.1, -0.05) is 50.3 Å². The van der Waals surface area contributed by atoms with Crippen molar-refractivity contribution in [3.63, 3.8) is 0 Å². The first kappa shape index (κ1) is 12.9. The average Bonchev–Trinajstić information content (AvgIpc) is 2.37. The maximum absolute atomic E-state index is 11.6. The predicted molar refractivity (Wildman–Crippen MR) is 72.0 cm³/mol. The van der Waals surface area contributed by atoms with Gasteiger partial charge < -0.3 is 4.74 Å². The van der Waals surface area contributed by atoms with Crippen LogP contribution in [0.25, 0.3) is 0 Å². The van der Waals surface area contributed by atoms with Crippen LogP contribution in [0.5, 0.6) is 0 Å². The fraction of sp³-hybridized carbons (Fsp3) is 0.438. The normalized spacial score (nSPS) is 23.2. The van der Waals surface area contributed by atoms with E-state index >= 15 is 0 Å². The molecule has 0 aliphatic carbocycles. The zero-order valence-electron chi connectivity index (χ0n) is 11.1. The Morgan fingerprint density at radius 3 is 2.61 bits per heavy atom. The Kier molecular flexibility index (Phi) is 3.85. The van der Waals surface area contributed by atoms with Gasteiger partial charge in [-0.25, -0.2) is 4.79 Å². The summed E-state index contributed by atoms with van der Waals surface area (Å²) >= 11 is 0. The molecule has 18 heavy (non-hydrogen) atoms. The summed E-state index contributed by atoms with van der Waals surface area (Å²) in [4.78, 5) is 11.6. The Hall–Kier alpha value is -1.57. The van der Waals surface area contributed by atoms with Gasteiger partial charge in [-0.05, 0) is 24.3 Å². The average molecular weight is 244 g/mol. The summed E-state index contributed by atoms with van der Waals surface area (Å²) in [5, 5.41) is 0. The van der Waals surface area contributed by atoms with Crippen LogP contribution in [0.3, 0.4) is 0 Å². The smallest absolute Gasteiger partial charge is 0.331 e. The number of cyclic esters (lactones) is 1. The van der Waals surface area contributed by atoms with Gasteiger partial charge in [0.25, 0.3) is 0 Å². The lowest BCUT2D eigenvalue weighted by Gasteiger charge is -2.35. The molecular formula is C16H20O2. The van der Waals surface area contributed by atoms with Crippen LogP contribution in [0.1, 0.15) is 38.7 Å². The maximum Gasteiger partial charge on any atom is 0.331 e. The van der Waals surface area contributed by atoms with E-state index in [4.69, 9.17) is 4.74 Å². The van der Waals surface area contributed by atoms with E-state index in [1.807, 2.05) is 36.4 Å². The molecule has 0 amide bonds. The summed E-state index contributed by atoms with van der Waals surface area (Å²) in [5.41, 5.74) is 0.639. The second kappa shape index (κ2) is 5.38. The largest absolute Gasteiger partial charge is 0.451 e. The van der Waals surface area contributed by atoms with Gasteiger partial charge in [0.15, 0.2) is 0 Å². The van der Waals surface area contributed by atoms with E-state index in [0.29, 0.717) is 5.92 Å². The van der Waals surface area contributed by atoms with Gasteiger partial charge in [-0.3, -0.25) is 0 Å². The first-order valence-electron chi connectivity index (χ1n) is 6.57. The van der Waals surface area contributed by atoms with Crippen molar-refractivity contribution < 1.29 is 9.53 Å². The molecule has 1 heterocycles. The van der Waals surface area contributed by atoms with Crippen LogP contribution < -0.4 is 0 Å². The number of carbonyl (C=O) groups is 1. The quantitative estimate of drug-likeness (QED) is 0.753. The second-order valence-electron chi connectivity index (χ2n) is 5.32. The number of esters is 1. The topological polar surface area (TPSA) is 26.3 Å². The summed E-state index contributed by atoms with van der Waals surface area (Å²) in [6.45, 7) is 4.39. The minimum atomic E-state index is -0.461. The van der Waals surface area contributed by atoms with Crippen LogP contribution in [0, 0.1) is 5.92 Å². The molecule has 2 nitrogen and oxygen atoms in total. The highest BCUT2D eigenvalue weighted by molar-refractivity contribution is 5.83. The summed E-state index contributed by atoms with van der Waals surface area (Å²) in [6.07, 6.45) is 6.16. The molecular weight excluding hydrogens is 224 g/mol. The van der Waals surface area contributed by atoms with Crippen molar-refractivity contribution in [2.24, 2.45) is 5.92 Å². The predicted octanol–water partition coefficient (Wildman–Crippen LogP) is 3.82. The highest BCUT2D eigenvalue weighted by Crippen LogP contribution is 2.38. The molecule has 2 heteroatoms. The molecule has 1 unspecified atom stereocenters. The highest BCUT2D eigenvalue weighted by atomic mass is 16.6. The Morgan fingerprint density at radius 1 is 1.28 bits per heavy atom. The Balaban J connectivity index is 2.28. The van der Waals surface area contributed by atoms with Crippen molar-refractivity contribution in [3.05, 3.63) is 48.0 Å². The molecule has 0 aromatic heterocycles. The minimum Gasteiger partial charge on any atom is -0.451 e. The first-order chi connectivity index (χ1) is 8.62. The molecule has 0 spiro atoms. The summed E-state index contributed by atoms with van der Waals surface area (Å²) < 4.78 is 5.68. The Labute approximate surface area is 109 Å². The van der Waals surface area contributed by atoms with Crippen LogP contribution in [0.4, 0.5) is 0 Å². The van der Waals surface area contributed by atoms with Crippen LogP contribution in [-0.4, -0.2) is 5.97 Å². The van der Waals surface area contributed by atoms with Crippen LogP contribution in [-0.2, 0) is 15.1 Å². The molecule has 96 valence electrons. The third-order valence-corrected chi connectivity index (χ3v) is 3.42. The van der Waals surface area contributed by atoms with Crippen LogP contribution >= 0.6 is 0 Å². The van der Waals surface area contributed by atoms with Crippen LogP contribution in [0.15, 0.2) is 42.5 Å². The van der Waals surface area contributed by atoms with E-state index in [1.54, 1.807) is 0 Å². The molecule has 0 saturated heterocycles. The summed E-state index contributed by atoms with van der Waals surface area (Å²) in [5.74, 6) is 0.379. The standard InChI is InChI=1S/C16H20O2/c1-13(2)10-12-16(11-6-9-15(17)18-16)14-7-4-3-5-8-14/h3-9,13H,10-12H2,1-2H3. The van der Waals surface area contributed by atoms with Gasteiger partial charge in [-0.15, -0.1) is 0 Å². The molecule has 0 fully saturated rings. The van der Waals surface area contributed by atoms with Crippen molar-refractivity contribution >= 4 is 5.97 Å². The van der Waals surface area contributed by atoms with Gasteiger partial charge in [-0.2, -0.15) is 0 Å². The molecule has 1 aromatic carbocycles. The van der Waals surface area contributed by atoms with Gasteiger partial charge in [0, 0.05) is 12.5 Å². The molecule has 1 aromatic rings. The molecule has 1 aliphatic heterocycles. The third kappa shape index (κ3) is 2.81. The Morgan fingerprint density at radius 2 is 2.00 bits per heavy atom. The summed E-state index contributed by atoms with van der Waals surface area (Å²) in [7, 11) is 0. The van der Waals surface area contributed by atoms with Crippen molar-refractivity contribution in [2.75, 3.05) is 0 Å². The molecule has 1 atom stereocenters. The van der Waals surface area contributed by atoms with Gasteiger partial charge >= 0.3 is 5.97 Å². The molecule has 0 radical (unpaired) electrons. The number of rotatable bonds is 4. The first-order valence-corrected chi connectivity index (χ1v) is 6.57. The molecule has 2 rings (SSSR count). The lowest BCUT2D eigenvalue weighted by Crippen LogP contribution is -2.34. The van der Waals surface area contributed by atoms with Gasteiger partial charge in [0.1, 0.15) is 5.60 Å². The lowest BCUT2D eigenvalue weighted by molar-refractivity contribution is -0.157. The molecule has 1 aliphatic rings. The zero-order valence-corrected chi connectivity index (χ0v) is 11.1. The Bertz CT molecular complexity index is 434. The number of benzene rings is 1. The fourth-order valence-electron chi connectivity index (χ4n) is 2.35. The lowest BCUT2D eigenvalue weighted by atomic mass is 9.83. The number of ether oxygens (including phenoxy) is 1. The van der Waals surface area contributed by atoms with E-state index < -0.39 is 5.60 Å². The molecule has 0 bridgehead atoms. The fourth-order valence-corrected chi connectivity index (χ4v) is 2.35. The maximum atomic E-state index is 11.6. The van der Waals surface area contributed by atoms with E-state index in [9.17, 15) is 4.79 Å². The second-order valence-corrected chi connectivity index (χ2v) is 5.32. The summed E-state index contributed by atoms with van der Waals surface area (Å²) in [6, 6.07) is 10.1. The van der Waals surface area contributed by atoms with Gasteiger partial charge in [0.2, 0.25) is 0 Å². The number of hydrogen-bond donors (Lipinski definition) is 0. The number of carbonyl (C=O) groups excluding carboxylic acids is 1. The van der Waals surface area contributed by atoms with Crippen molar-refractivity contribution in [2.45, 2.75) is 38.7 Å². The molecule has 0 saturated carbocycles. The SMILES string of the molecule is CC(C)CCC1(c2ccccc2)CC=CC(=O)O1. The van der Waals surface area contributed by atoms with Gasteiger partial charge in [0.05, 0.1) is 0 Å². The highest BCUT2D eigenvalue weighted by Gasteiger charge is 2.36. The van der Waals surface area contributed by atoms with Crippen molar-refractivity contribution in [1.82, 2.24) is 0 Å². The monoisotopic (exact) mass is 244 g/mol. The van der Waals surface area contributed by atoms with Crippen molar-refractivity contribution in [1.29, 1.82) is 0 Å². The number of hydrogen-bond acceptors (Lipinski definition) is 2. The zero-order chi connectivity index (χ0) is 13.0. The van der Waals surface area contributed by atoms with Crippen LogP contribution in [0.2, 0.25) is 0 Å². The van der Waals surface area contributed by atoms with E-state index in [1.165, 1.54) is 6.08 Å². The van der Waals surface area contributed by atoms with Crippen molar-refractivity contribution in [3.8, 4) is 0 Å². The minimum absolute atomic E-state index is 0.228. The third-order valence-electron chi connectivity index (χ3n) is 3.42. The van der Waals surface area contributed by atoms with E-state index in [2.05, 4.69) is 13.8 Å². The van der Waals surface area contributed by atoms with E-state index in [-0.39, 0.29) is 5.97 Å². The van der Waals surface area contributed by atoms with E-state index in [0.717, 1.165) is 24.8 Å². The molecule has 0 N–H and O–H groups in total.